The fraction of sp³-hybridized carbons (Fsp3) is 0.308. The van der Waals surface area contributed by atoms with Gasteiger partial charge in [0.1, 0.15) is 17.5 Å². The van der Waals surface area contributed by atoms with Crippen molar-refractivity contribution in [3.8, 4) is 5.75 Å². The van der Waals surface area contributed by atoms with Crippen LogP contribution in [-0.2, 0) is 4.79 Å². The topological polar surface area (TPSA) is 66.8 Å². The number of fused-ring (bicyclic) bond motifs is 2. The number of aliphatic hydroxyl groups is 1. The normalized spacial score (nSPS) is 22.3. The molecule has 0 radical (unpaired) electrons. The van der Waals surface area contributed by atoms with Gasteiger partial charge >= 0.3 is 0 Å². The van der Waals surface area contributed by atoms with E-state index in [1.807, 2.05) is 56.3 Å². The van der Waals surface area contributed by atoms with Crippen LogP contribution in [0.15, 0.2) is 60.7 Å². The van der Waals surface area contributed by atoms with Gasteiger partial charge in [0.15, 0.2) is 5.78 Å². The van der Waals surface area contributed by atoms with Crippen LogP contribution in [0.3, 0.4) is 0 Å². The molecule has 0 unspecified atom stereocenters. The van der Waals surface area contributed by atoms with Crippen molar-refractivity contribution in [2.45, 2.75) is 44.4 Å². The Morgan fingerprint density at radius 2 is 1.74 bits per heavy atom. The van der Waals surface area contributed by atoms with E-state index in [1.54, 1.807) is 23.1 Å². The monoisotopic (exact) mass is 415 g/mol. The quantitative estimate of drug-likeness (QED) is 0.649. The number of ketones is 1. The maximum atomic E-state index is 13.3. The van der Waals surface area contributed by atoms with E-state index in [0.29, 0.717) is 35.4 Å². The summed E-state index contributed by atoms with van der Waals surface area (Å²) in [5.74, 6) is 0.536. The molecular formula is C26H25NO4. The maximum Gasteiger partial charge on any atom is 0.223 e. The first-order valence-corrected chi connectivity index (χ1v) is 10.7. The lowest BCUT2D eigenvalue weighted by atomic mass is 9.84. The summed E-state index contributed by atoms with van der Waals surface area (Å²) in [6.07, 6.45) is 0.359. The van der Waals surface area contributed by atoms with Crippen LogP contribution < -0.4 is 4.74 Å². The van der Waals surface area contributed by atoms with E-state index in [9.17, 15) is 14.7 Å². The first-order valence-electron chi connectivity index (χ1n) is 10.7. The Balaban J connectivity index is 1.57. The Morgan fingerprint density at radius 1 is 1.03 bits per heavy atom. The summed E-state index contributed by atoms with van der Waals surface area (Å²) in [7, 11) is 0. The molecule has 0 aliphatic carbocycles. The molecule has 2 aliphatic heterocycles. The number of aliphatic hydroxyl groups excluding tert-OH is 1. The first kappa shape index (κ1) is 19.8. The molecule has 158 valence electrons. The summed E-state index contributed by atoms with van der Waals surface area (Å²) < 4.78 is 6.06. The third-order valence-electron chi connectivity index (χ3n) is 6.43. The zero-order chi connectivity index (χ0) is 21.8. The van der Waals surface area contributed by atoms with Gasteiger partial charge in [0.05, 0.1) is 6.04 Å². The predicted octanol–water partition coefficient (Wildman–Crippen LogP) is 4.27. The lowest BCUT2D eigenvalue weighted by Crippen LogP contribution is -2.53. The number of carbonyl (C=O) groups excluding carboxylic acids is 2. The van der Waals surface area contributed by atoms with E-state index in [4.69, 9.17) is 4.74 Å². The average molecular weight is 415 g/mol. The Morgan fingerprint density at radius 3 is 2.48 bits per heavy atom. The van der Waals surface area contributed by atoms with Crippen LogP contribution in [-0.4, -0.2) is 39.9 Å². The fourth-order valence-electron chi connectivity index (χ4n) is 4.71. The van der Waals surface area contributed by atoms with E-state index < -0.39 is 17.7 Å². The summed E-state index contributed by atoms with van der Waals surface area (Å²) in [5, 5.41) is 13.2. The lowest BCUT2D eigenvalue weighted by Gasteiger charge is -2.45. The molecule has 1 amide bonds. The van der Waals surface area contributed by atoms with Gasteiger partial charge in [-0.05, 0) is 55.3 Å². The molecule has 2 atom stereocenters. The second-order valence-electron chi connectivity index (χ2n) is 8.93. The second-order valence-corrected chi connectivity index (χ2v) is 8.93. The van der Waals surface area contributed by atoms with Crippen molar-refractivity contribution in [1.82, 2.24) is 4.90 Å². The smallest absolute Gasteiger partial charge is 0.223 e. The predicted molar refractivity (Wildman–Crippen MR) is 118 cm³/mol. The molecule has 0 spiro atoms. The van der Waals surface area contributed by atoms with E-state index in [2.05, 4.69) is 0 Å². The Hall–Kier alpha value is -3.18. The standard InChI is InChI=1S/C26H25NO4/c1-26(2)25(30)23(27-13-5-8-22(27)28)20-15-19(11-12-21(20)31-26)24(29)18-10-9-16-6-3-4-7-17(16)14-18/h3-4,6-7,9-12,14-15,23,25,30H,5,8,13H2,1-2H3/t23-,25+/m1/s1. The zero-order valence-electron chi connectivity index (χ0n) is 17.7. The van der Waals surface area contributed by atoms with Crippen molar-refractivity contribution in [2.24, 2.45) is 0 Å². The van der Waals surface area contributed by atoms with Crippen molar-refractivity contribution in [1.29, 1.82) is 0 Å². The van der Waals surface area contributed by atoms with Gasteiger partial charge in [0.2, 0.25) is 5.91 Å². The molecule has 1 saturated heterocycles. The highest BCUT2D eigenvalue weighted by Gasteiger charge is 2.47. The second kappa shape index (κ2) is 7.20. The number of carbonyl (C=O) groups is 2. The summed E-state index contributed by atoms with van der Waals surface area (Å²) in [6.45, 7) is 4.24. The maximum absolute atomic E-state index is 13.3. The molecule has 0 saturated carbocycles. The molecule has 5 heteroatoms. The van der Waals surface area contributed by atoms with E-state index >= 15 is 0 Å². The molecule has 5 rings (SSSR count). The summed E-state index contributed by atoms with van der Waals surface area (Å²) in [5.41, 5.74) is 0.963. The van der Waals surface area contributed by atoms with Crippen LogP contribution in [0.4, 0.5) is 0 Å². The molecule has 5 nitrogen and oxygen atoms in total. The number of benzene rings is 3. The zero-order valence-corrected chi connectivity index (χ0v) is 17.7. The third kappa shape index (κ3) is 3.29. The number of likely N-dealkylation sites (tertiary alicyclic amines) is 1. The summed E-state index contributed by atoms with van der Waals surface area (Å²) in [4.78, 5) is 27.5. The van der Waals surface area contributed by atoms with Gasteiger partial charge in [0, 0.05) is 29.7 Å². The van der Waals surface area contributed by atoms with Gasteiger partial charge in [-0.3, -0.25) is 9.59 Å². The molecule has 3 aromatic carbocycles. The number of hydrogen-bond acceptors (Lipinski definition) is 4. The van der Waals surface area contributed by atoms with Gasteiger partial charge in [0.25, 0.3) is 0 Å². The van der Waals surface area contributed by atoms with Crippen LogP contribution in [0.1, 0.15) is 54.2 Å². The summed E-state index contributed by atoms with van der Waals surface area (Å²) in [6, 6.07) is 18.4. The minimum absolute atomic E-state index is 0.0268. The van der Waals surface area contributed by atoms with Crippen molar-refractivity contribution in [2.75, 3.05) is 6.54 Å². The van der Waals surface area contributed by atoms with Gasteiger partial charge in [-0.25, -0.2) is 0 Å². The van der Waals surface area contributed by atoms with Gasteiger partial charge < -0.3 is 14.7 Å². The molecule has 31 heavy (non-hydrogen) atoms. The largest absolute Gasteiger partial charge is 0.485 e. The molecule has 0 bridgehead atoms. The fourth-order valence-corrected chi connectivity index (χ4v) is 4.71. The highest BCUT2D eigenvalue weighted by Crippen LogP contribution is 2.44. The summed E-state index contributed by atoms with van der Waals surface area (Å²) >= 11 is 0. The van der Waals surface area contributed by atoms with Crippen molar-refractivity contribution < 1.29 is 19.4 Å². The van der Waals surface area contributed by atoms with Crippen molar-refractivity contribution in [3.05, 3.63) is 77.4 Å². The molecular weight excluding hydrogens is 390 g/mol. The molecule has 2 aliphatic rings. The van der Waals surface area contributed by atoms with Gasteiger partial charge in [-0.1, -0.05) is 36.4 Å². The van der Waals surface area contributed by atoms with Crippen LogP contribution in [0, 0.1) is 0 Å². The lowest BCUT2D eigenvalue weighted by molar-refractivity contribution is -0.139. The number of nitrogens with zero attached hydrogens (tertiary/aromatic N) is 1. The van der Waals surface area contributed by atoms with Crippen molar-refractivity contribution >= 4 is 22.5 Å². The highest BCUT2D eigenvalue weighted by atomic mass is 16.5. The van der Waals surface area contributed by atoms with Gasteiger partial charge in [-0.15, -0.1) is 0 Å². The molecule has 3 aromatic rings. The van der Waals surface area contributed by atoms with E-state index in [0.717, 1.165) is 17.2 Å². The van der Waals surface area contributed by atoms with Crippen LogP contribution in [0.2, 0.25) is 0 Å². The molecule has 0 aromatic heterocycles. The average Bonchev–Trinajstić information content (AvgIpc) is 3.18. The van der Waals surface area contributed by atoms with Crippen LogP contribution >= 0.6 is 0 Å². The SMILES string of the molecule is CC1(C)Oc2ccc(C(=O)c3ccc4ccccc4c3)cc2[C@@H](N2CCCC2=O)[C@@H]1O. The number of amides is 1. The molecule has 2 heterocycles. The Bertz CT molecular complexity index is 1200. The van der Waals surface area contributed by atoms with Gasteiger partial charge in [-0.2, -0.15) is 0 Å². The molecule has 1 fully saturated rings. The third-order valence-corrected chi connectivity index (χ3v) is 6.43. The van der Waals surface area contributed by atoms with Crippen LogP contribution in [0.5, 0.6) is 5.75 Å². The van der Waals surface area contributed by atoms with E-state index in [-0.39, 0.29) is 11.7 Å². The first-order chi connectivity index (χ1) is 14.8. The van der Waals surface area contributed by atoms with Crippen LogP contribution in [0.25, 0.3) is 10.8 Å². The van der Waals surface area contributed by atoms with E-state index in [1.165, 1.54) is 0 Å². The molecule has 1 N–H and O–H groups in total. The number of rotatable bonds is 3. The Labute approximate surface area is 181 Å². The number of hydrogen-bond donors (Lipinski definition) is 1. The minimum atomic E-state index is -0.895. The number of ether oxygens (including phenoxy) is 1. The highest BCUT2D eigenvalue weighted by molar-refractivity contribution is 6.10. The van der Waals surface area contributed by atoms with Crippen molar-refractivity contribution in [3.63, 3.8) is 0 Å². The minimum Gasteiger partial charge on any atom is -0.485 e. The Kier molecular flexibility index (Phi) is 4.59.